The van der Waals surface area contributed by atoms with E-state index in [0.29, 0.717) is 46.5 Å². The quantitative estimate of drug-likeness (QED) is 0.0299. The zero-order valence-corrected chi connectivity index (χ0v) is 49.0. The fourth-order valence-electron chi connectivity index (χ4n) is 10.5. The van der Waals surface area contributed by atoms with E-state index in [1.807, 2.05) is 10.9 Å². The van der Waals surface area contributed by atoms with Crippen molar-refractivity contribution in [1.29, 1.82) is 0 Å². The Morgan fingerprint density at radius 2 is 0.902 bits per heavy atom. The summed E-state index contributed by atoms with van der Waals surface area (Å²) < 4.78 is 186. The molecule has 0 unspecified atom stereocenters. The summed E-state index contributed by atoms with van der Waals surface area (Å²) >= 11 is 0. The third kappa shape index (κ3) is 17.4. The molecule has 92 heavy (non-hydrogen) atoms. The van der Waals surface area contributed by atoms with Gasteiger partial charge in [0.25, 0.3) is 0 Å². The minimum atomic E-state index is -5.08. The number of carbonyl (C=O) groups excluding carboxylic acids is 4. The molecule has 0 aliphatic carbocycles. The largest absolute Gasteiger partial charge is 0.445 e. The molecule has 0 saturated carbocycles. The highest BCUT2D eigenvalue weighted by Crippen LogP contribution is 2.47. The normalized spacial score (nSPS) is 20.8. The number of amides is 5. The second-order valence-electron chi connectivity index (χ2n) is 21.8. The minimum absolute atomic E-state index is 0.0189. The number of hydrogen-bond donors (Lipinski definition) is 4. The fourth-order valence-corrected chi connectivity index (χ4v) is 10.5. The lowest BCUT2D eigenvalue weighted by atomic mass is 9.77. The minimum Gasteiger partial charge on any atom is -0.445 e. The monoisotopic (exact) mass is 1300 g/mol. The molecule has 2 fully saturated rings. The maximum Gasteiger partial charge on any atom is 0.416 e. The molecule has 6 aromatic rings. The molecule has 2 aliphatic rings. The predicted molar refractivity (Wildman–Crippen MR) is 307 cm³/mol. The molecule has 2 heterocycles. The number of urea groups is 1. The summed E-state index contributed by atoms with van der Waals surface area (Å²) in [5.41, 5.74) is 0.00991. The zero-order chi connectivity index (χ0) is 67.3. The molecule has 8 rings (SSSR count). The molecule has 16 nitrogen and oxygen atoms in total. The number of ether oxygens (including phenoxy) is 4. The SMILES string of the molecule is [C-]#[N+][C@]1(N)CC[C@@](CO[C@H](C)c2cc(C(F)(F)F)cc(C(F)(F)F)c2)(c2ccccc2)N(C(=O)OCc2ccccc2)C1.[C-]#[N+][C@]1(NC(=O)NNC=O)CC[C@@](CO[C@H](C)c2cc(C(F)(F)F)cc(C(F)(F)F)c2)(c2ccccc2)N(C(=O)OCc2ccccc2)C1. The molecular formula is C64H60F12N8O8. The third-order valence-corrected chi connectivity index (χ3v) is 15.6. The van der Waals surface area contributed by atoms with Crippen molar-refractivity contribution in [2.24, 2.45) is 5.73 Å². The number of hydrogen-bond acceptors (Lipinski definition) is 9. The standard InChI is InChI=1S/C33H31F6N5O5.C31H29F6N3O3/c1-22(24-15-26(32(34,35)36)17-27(16-24)33(37,38)39)49-20-30(25-11-7-4-8-12-25)13-14-31(40-2,42-28(46)43-41-21-45)19-44(30)29(47)48-18-23-9-5-3-6-10-23;1-21(23-15-25(30(32,33)34)17-26(16-23)31(35,36)37)43-20-28(24-11-7-4-8-12-24)13-14-29(38,39-2)19-40(28)27(41)42-18-22-9-5-3-6-10-22/h3-12,15-17,21-22H,13-14,18-20H2,1H3,(H,41,45)(H2,42,43,46);3-12,15-17,21H,13-14,18-20,38H2,1H3/t22-,30-,31+;21-,28-,29-/m11/s1. The maximum absolute atomic E-state index is 14.0. The average Bonchev–Trinajstić information content (AvgIpc) is 0.754. The van der Waals surface area contributed by atoms with E-state index >= 15 is 0 Å². The number of halogens is 12. The Morgan fingerprint density at radius 3 is 1.25 bits per heavy atom. The molecular weight excluding hydrogens is 1240 g/mol. The van der Waals surface area contributed by atoms with Crippen molar-refractivity contribution in [1.82, 2.24) is 26.0 Å². The summed E-state index contributed by atoms with van der Waals surface area (Å²) in [6.07, 6.45) is -24.3. The van der Waals surface area contributed by atoms with Gasteiger partial charge in [0.05, 0.1) is 65.2 Å². The number of nitrogens with one attached hydrogen (secondary N) is 3. The molecule has 5 N–H and O–H groups in total. The van der Waals surface area contributed by atoms with Gasteiger partial charge in [-0.05, 0) is 96.5 Å². The molecule has 0 bridgehead atoms. The summed E-state index contributed by atoms with van der Waals surface area (Å²) in [5.74, 6) is 0. The molecule has 28 heteroatoms. The van der Waals surface area contributed by atoms with Crippen molar-refractivity contribution in [2.45, 2.75) is 112 Å². The first-order chi connectivity index (χ1) is 43.3. The number of alkyl halides is 12. The van der Waals surface area contributed by atoms with Crippen LogP contribution in [0.2, 0.25) is 0 Å². The smallest absolute Gasteiger partial charge is 0.416 e. The van der Waals surface area contributed by atoms with Crippen LogP contribution < -0.4 is 21.9 Å². The molecule has 2 saturated heterocycles. The van der Waals surface area contributed by atoms with Crippen LogP contribution in [0.15, 0.2) is 158 Å². The van der Waals surface area contributed by atoms with E-state index in [9.17, 15) is 71.9 Å². The fraction of sp³-hybridized carbons (Fsp3) is 0.344. The van der Waals surface area contributed by atoms with Crippen molar-refractivity contribution in [3.8, 4) is 0 Å². The summed E-state index contributed by atoms with van der Waals surface area (Å²) in [6.45, 7) is 16.4. The van der Waals surface area contributed by atoms with Gasteiger partial charge in [-0.2, -0.15) is 52.7 Å². The van der Waals surface area contributed by atoms with Crippen LogP contribution in [0.4, 0.5) is 67.1 Å². The first-order valence-corrected chi connectivity index (χ1v) is 28.0. The van der Waals surface area contributed by atoms with Crippen LogP contribution in [-0.2, 0) is 72.7 Å². The number of piperidine rings is 2. The second kappa shape index (κ2) is 28.8. The van der Waals surface area contributed by atoms with Gasteiger partial charge in [0, 0.05) is 6.42 Å². The van der Waals surface area contributed by atoms with Crippen LogP contribution in [0.25, 0.3) is 9.69 Å². The van der Waals surface area contributed by atoms with E-state index in [4.69, 9.17) is 37.8 Å². The van der Waals surface area contributed by atoms with Crippen LogP contribution in [0.5, 0.6) is 0 Å². The molecule has 6 aromatic carbocycles. The lowest BCUT2D eigenvalue weighted by molar-refractivity contribution is -0.145. The van der Waals surface area contributed by atoms with Crippen molar-refractivity contribution in [3.05, 3.63) is 236 Å². The molecule has 5 amide bonds. The Bertz CT molecular complexity index is 3530. The van der Waals surface area contributed by atoms with Crippen LogP contribution in [0.3, 0.4) is 0 Å². The van der Waals surface area contributed by atoms with Crippen LogP contribution >= 0.6 is 0 Å². The molecule has 2 aliphatic heterocycles. The summed E-state index contributed by atoms with van der Waals surface area (Å²) in [5, 5.41) is 2.47. The van der Waals surface area contributed by atoms with E-state index in [-0.39, 0.29) is 76.2 Å². The van der Waals surface area contributed by atoms with E-state index in [0.717, 1.165) is 0 Å². The second-order valence-corrected chi connectivity index (χ2v) is 21.8. The van der Waals surface area contributed by atoms with Gasteiger partial charge >= 0.3 is 54.2 Å². The first-order valence-electron chi connectivity index (χ1n) is 28.0. The third-order valence-electron chi connectivity index (χ3n) is 15.6. The molecule has 488 valence electrons. The number of rotatable bonds is 17. The topological polar surface area (TPSA) is 183 Å². The average molecular weight is 1300 g/mol. The van der Waals surface area contributed by atoms with Gasteiger partial charge in [0.2, 0.25) is 6.41 Å². The van der Waals surface area contributed by atoms with Crippen molar-refractivity contribution in [2.75, 3.05) is 26.3 Å². The Labute approximate surface area is 520 Å². The molecule has 0 spiro atoms. The Morgan fingerprint density at radius 1 is 0.543 bits per heavy atom. The van der Waals surface area contributed by atoms with Crippen LogP contribution in [0.1, 0.15) is 107 Å². The van der Waals surface area contributed by atoms with E-state index < -0.39 is 119 Å². The van der Waals surface area contributed by atoms with Crippen molar-refractivity contribution >= 4 is 24.6 Å². The van der Waals surface area contributed by atoms with Crippen LogP contribution in [-0.4, -0.2) is 72.1 Å². The van der Waals surface area contributed by atoms with E-state index in [1.165, 1.54) is 23.6 Å². The van der Waals surface area contributed by atoms with Gasteiger partial charge in [-0.15, -0.1) is 0 Å². The Hall–Kier alpha value is -9.38. The highest BCUT2D eigenvalue weighted by atomic mass is 19.4. The van der Waals surface area contributed by atoms with Crippen LogP contribution in [0, 0.1) is 13.1 Å². The first kappa shape index (κ1) is 70.1. The van der Waals surface area contributed by atoms with Gasteiger partial charge in [-0.1, -0.05) is 121 Å². The predicted octanol–water partition coefficient (Wildman–Crippen LogP) is 14.4. The summed E-state index contributed by atoms with van der Waals surface area (Å²) in [4.78, 5) is 60.4. The summed E-state index contributed by atoms with van der Waals surface area (Å²) in [6, 6.07) is 35.9. The molecule has 6 atom stereocenters. The number of nitrogens with two attached hydrogens (primary N) is 1. The molecule has 0 radical (unpaired) electrons. The maximum atomic E-state index is 14.0. The Balaban J connectivity index is 0.000000263. The number of hydrazine groups is 1. The van der Waals surface area contributed by atoms with E-state index in [2.05, 4.69) is 15.0 Å². The molecule has 0 aromatic heterocycles. The zero-order valence-electron chi connectivity index (χ0n) is 49.0. The summed E-state index contributed by atoms with van der Waals surface area (Å²) in [7, 11) is 0. The highest BCUT2D eigenvalue weighted by Gasteiger charge is 2.57. The van der Waals surface area contributed by atoms with Gasteiger partial charge in [0.1, 0.15) is 26.3 Å². The lowest BCUT2D eigenvalue weighted by Gasteiger charge is -2.49. The van der Waals surface area contributed by atoms with Gasteiger partial charge in [0.15, 0.2) is 0 Å². The number of likely N-dealkylation sites (tertiary alicyclic amines) is 2. The van der Waals surface area contributed by atoms with E-state index in [1.54, 1.807) is 121 Å². The highest BCUT2D eigenvalue weighted by molar-refractivity contribution is 5.77. The Kier molecular flexibility index (Phi) is 22.0. The van der Waals surface area contributed by atoms with Crippen molar-refractivity contribution < 1.29 is 90.8 Å². The number of benzene rings is 6. The van der Waals surface area contributed by atoms with Gasteiger partial charge in [-0.25, -0.2) is 33.0 Å². The number of carbonyl (C=O) groups is 4. The number of nitrogens with zero attached hydrogens (tertiary/aromatic N) is 4. The van der Waals surface area contributed by atoms with Gasteiger partial charge in [-0.3, -0.25) is 40.8 Å². The lowest BCUT2D eigenvalue weighted by Crippen LogP contribution is -2.67. The van der Waals surface area contributed by atoms with Crippen molar-refractivity contribution in [3.63, 3.8) is 0 Å². The van der Waals surface area contributed by atoms with Gasteiger partial charge < -0.3 is 18.9 Å².